The van der Waals surface area contributed by atoms with Crippen molar-refractivity contribution in [2.45, 2.75) is 0 Å². The van der Waals surface area contributed by atoms with Crippen LogP contribution in [0.1, 0.15) is 9.67 Å². The Labute approximate surface area is 96.8 Å². The van der Waals surface area contributed by atoms with E-state index in [1.807, 2.05) is 26.2 Å². The molecule has 0 atom stereocenters. The van der Waals surface area contributed by atoms with Gasteiger partial charge in [-0.15, -0.1) is 22.7 Å². The summed E-state index contributed by atoms with van der Waals surface area (Å²) >= 11 is 3.27. The normalized spacial score (nSPS) is 10.3. The average molecular weight is 237 g/mol. The van der Waals surface area contributed by atoms with Crippen LogP contribution in [0.3, 0.4) is 0 Å². The second-order valence-corrected chi connectivity index (χ2v) is 5.53. The summed E-state index contributed by atoms with van der Waals surface area (Å²) in [6, 6.07) is 8.06. The van der Waals surface area contributed by atoms with Gasteiger partial charge in [0.15, 0.2) is 6.29 Å². The van der Waals surface area contributed by atoms with Crippen LogP contribution in [-0.4, -0.2) is 20.4 Å². The van der Waals surface area contributed by atoms with E-state index in [-0.39, 0.29) is 0 Å². The van der Waals surface area contributed by atoms with E-state index in [4.69, 9.17) is 0 Å². The van der Waals surface area contributed by atoms with Crippen LogP contribution < -0.4 is 4.90 Å². The van der Waals surface area contributed by atoms with Crippen LogP contribution in [0.15, 0.2) is 24.3 Å². The van der Waals surface area contributed by atoms with Crippen molar-refractivity contribution in [3.05, 3.63) is 29.1 Å². The van der Waals surface area contributed by atoms with Gasteiger partial charge in [0.25, 0.3) is 0 Å². The molecule has 0 spiro atoms. The molecule has 0 N–H and O–H groups in total. The van der Waals surface area contributed by atoms with Crippen molar-refractivity contribution in [3.63, 3.8) is 0 Å². The summed E-state index contributed by atoms with van der Waals surface area (Å²) < 4.78 is 0. The highest BCUT2D eigenvalue weighted by atomic mass is 32.1. The van der Waals surface area contributed by atoms with Crippen LogP contribution in [0.25, 0.3) is 9.75 Å². The molecule has 0 unspecified atom stereocenters. The number of nitrogens with zero attached hydrogens (tertiary/aromatic N) is 1. The lowest BCUT2D eigenvalue weighted by atomic mass is 10.4. The second-order valence-electron chi connectivity index (χ2n) is 3.35. The maximum atomic E-state index is 10.6. The quantitative estimate of drug-likeness (QED) is 0.763. The van der Waals surface area contributed by atoms with Gasteiger partial charge in [0, 0.05) is 23.8 Å². The van der Waals surface area contributed by atoms with E-state index >= 15 is 0 Å². The summed E-state index contributed by atoms with van der Waals surface area (Å²) in [5.74, 6) is 0. The molecule has 2 heterocycles. The molecule has 78 valence electrons. The van der Waals surface area contributed by atoms with Crippen molar-refractivity contribution in [3.8, 4) is 9.75 Å². The van der Waals surface area contributed by atoms with E-state index in [0.717, 1.165) is 16.0 Å². The fourth-order valence-electron chi connectivity index (χ4n) is 1.25. The van der Waals surface area contributed by atoms with E-state index in [1.165, 1.54) is 21.2 Å². The lowest BCUT2D eigenvalue weighted by Gasteiger charge is -2.06. The minimum absolute atomic E-state index is 0.782. The number of hydrogen-bond donors (Lipinski definition) is 0. The van der Waals surface area contributed by atoms with Crippen LogP contribution in [0.5, 0.6) is 0 Å². The molecule has 0 aliphatic rings. The third-order valence-corrected chi connectivity index (χ3v) is 4.48. The first-order valence-electron chi connectivity index (χ1n) is 4.53. The molecule has 0 amide bonds. The standard InChI is InChI=1S/C11H11NOS2/c1-12(2)11-6-5-10(15-11)9-4-3-8(7-13)14-9/h3-7H,1-2H3. The Morgan fingerprint density at radius 2 is 1.73 bits per heavy atom. The smallest absolute Gasteiger partial charge is 0.160 e. The Morgan fingerprint density at radius 3 is 2.27 bits per heavy atom. The molecular weight excluding hydrogens is 226 g/mol. The van der Waals surface area contributed by atoms with E-state index in [2.05, 4.69) is 17.0 Å². The predicted molar refractivity (Wildman–Crippen MR) is 67.3 cm³/mol. The average Bonchev–Trinajstić information content (AvgIpc) is 2.86. The molecule has 0 saturated heterocycles. The van der Waals surface area contributed by atoms with Crippen molar-refractivity contribution in [2.75, 3.05) is 19.0 Å². The van der Waals surface area contributed by atoms with Gasteiger partial charge in [-0.3, -0.25) is 4.79 Å². The maximum Gasteiger partial charge on any atom is 0.160 e. The van der Waals surface area contributed by atoms with Crippen LogP contribution in [0.4, 0.5) is 5.00 Å². The SMILES string of the molecule is CN(C)c1ccc(-c2ccc(C=O)s2)s1. The first kappa shape index (κ1) is 10.4. The van der Waals surface area contributed by atoms with Crippen LogP contribution in [0.2, 0.25) is 0 Å². The topological polar surface area (TPSA) is 20.3 Å². The Kier molecular flexibility index (Phi) is 2.88. The number of anilines is 1. The highest BCUT2D eigenvalue weighted by Gasteiger charge is 2.06. The summed E-state index contributed by atoms with van der Waals surface area (Å²) in [5.41, 5.74) is 0. The monoisotopic (exact) mass is 237 g/mol. The van der Waals surface area contributed by atoms with Crippen LogP contribution in [-0.2, 0) is 0 Å². The van der Waals surface area contributed by atoms with E-state index < -0.39 is 0 Å². The van der Waals surface area contributed by atoms with Gasteiger partial charge in [-0.25, -0.2) is 0 Å². The maximum absolute atomic E-state index is 10.6. The fourth-order valence-corrected chi connectivity index (χ4v) is 3.09. The molecule has 2 rings (SSSR count). The van der Waals surface area contributed by atoms with E-state index in [9.17, 15) is 4.79 Å². The zero-order valence-corrected chi connectivity index (χ0v) is 10.2. The summed E-state index contributed by atoms with van der Waals surface area (Å²) in [5, 5.41) is 1.23. The minimum Gasteiger partial charge on any atom is -0.370 e. The molecule has 0 aliphatic carbocycles. The number of rotatable bonds is 3. The molecule has 0 bridgehead atoms. The van der Waals surface area contributed by atoms with Gasteiger partial charge in [0.1, 0.15) is 0 Å². The Morgan fingerprint density at radius 1 is 1.07 bits per heavy atom. The second kappa shape index (κ2) is 4.16. The van der Waals surface area contributed by atoms with E-state index in [1.54, 1.807) is 11.3 Å². The molecule has 0 radical (unpaired) electrons. The Bertz CT molecular complexity index is 470. The number of hydrogen-bond acceptors (Lipinski definition) is 4. The first-order valence-corrected chi connectivity index (χ1v) is 6.16. The Hall–Kier alpha value is -1.13. The van der Waals surface area contributed by atoms with Gasteiger partial charge in [-0.05, 0) is 24.3 Å². The molecule has 0 aromatic carbocycles. The summed E-state index contributed by atoms with van der Waals surface area (Å²) in [7, 11) is 4.06. The summed E-state index contributed by atoms with van der Waals surface area (Å²) in [6.45, 7) is 0. The number of aldehydes is 1. The van der Waals surface area contributed by atoms with E-state index in [0.29, 0.717) is 0 Å². The third kappa shape index (κ3) is 2.11. The van der Waals surface area contributed by atoms with Crippen molar-refractivity contribution in [1.29, 1.82) is 0 Å². The molecule has 0 fully saturated rings. The largest absolute Gasteiger partial charge is 0.370 e. The van der Waals surface area contributed by atoms with Crippen LogP contribution >= 0.6 is 22.7 Å². The molecule has 2 nitrogen and oxygen atoms in total. The highest BCUT2D eigenvalue weighted by Crippen LogP contribution is 2.36. The molecule has 0 aliphatic heterocycles. The summed E-state index contributed by atoms with van der Waals surface area (Å²) in [6.07, 6.45) is 0.897. The number of thiophene rings is 2. The minimum atomic E-state index is 0.782. The highest BCUT2D eigenvalue weighted by molar-refractivity contribution is 7.24. The van der Waals surface area contributed by atoms with Gasteiger partial charge in [-0.2, -0.15) is 0 Å². The van der Waals surface area contributed by atoms with Crippen molar-refractivity contribution >= 4 is 34.0 Å². The first-order chi connectivity index (χ1) is 7.20. The van der Waals surface area contributed by atoms with Crippen molar-refractivity contribution < 1.29 is 4.79 Å². The Balaban J connectivity index is 2.32. The van der Waals surface area contributed by atoms with Gasteiger partial charge in [0.2, 0.25) is 0 Å². The van der Waals surface area contributed by atoms with Crippen LogP contribution in [0, 0.1) is 0 Å². The molecule has 2 aromatic heterocycles. The lowest BCUT2D eigenvalue weighted by molar-refractivity contribution is 0.112. The zero-order chi connectivity index (χ0) is 10.8. The number of carbonyl (C=O) groups is 1. The predicted octanol–water partition coefficient (Wildman–Crippen LogP) is 3.36. The molecule has 0 saturated carbocycles. The van der Waals surface area contributed by atoms with Crippen molar-refractivity contribution in [2.24, 2.45) is 0 Å². The van der Waals surface area contributed by atoms with Gasteiger partial charge < -0.3 is 4.90 Å². The molecule has 4 heteroatoms. The van der Waals surface area contributed by atoms with Crippen molar-refractivity contribution in [1.82, 2.24) is 0 Å². The third-order valence-electron chi connectivity index (χ3n) is 2.02. The summed E-state index contributed by atoms with van der Waals surface area (Å²) in [4.78, 5) is 15.8. The van der Waals surface area contributed by atoms with Gasteiger partial charge in [-0.1, -0.05) is 0 Å². The van der Waals surface area contributed by atoms with Gasteiger partial charge in [0.05, 0.1) is 9.88 Å². The zero-order valence-electron chi connectivity index (χ0n) is 8.56. The molecule has 2 aromatic rings. The molecular formula is C11H11NOS2. The fraction of sp³-hybridized carbons (Fsp3) is 0.182. The van der Waals surface area contributed by atoms with Gasteiger partial charge >= 0.3 is 0 Å². The number of carbonyl (C=O) groups excluding carboxylic acids is 1. The lowest BCUT2D eigenvalue weighted by Crippen LogP contribution is -2.05. The molecule has 15 heavy (non-hydrogen) atoms.